The molecule has 2 atom stereocenters. The van der Waals surface area contributed by atoms with E-state index in [2.05, 4.69) is 10.0 Å². The van der Waals surface area contributed by atoms with Gasteiger partial charge in [0.2, 0.25) is 15.9 Å². The molecule has 5 nitrogen and oxygen atoms in total. The van der Waals surface area contributed by atoms with Gasteiger partial charge in [-0.1, -0.05) is 30.3 Å². The zero-order valence-electron chi connectivity index (χ0n) is 14.8. The Kier molecular flexibility index (Phi) is 6.88. The Labute approximate surface area is 153 Å². The molecule has 0 bridgehead atoms. The molecule has 0 radical (unpaired) electrons. The van der Waals surface area contributed by atoms with Crippen LogP contribution in [0, 0.1) is 5.82 Å². The van der Waals surface area contributed by atoms with Crippen LogP contribution in [0.25, 0.3) is 0 Å². The lowest BCUT2D eigenvalue weighted by Gasteiger charge is -2.18. The summed E-state index contributed by atoms with van der Waals surface area (Å²) in [7, 11) is -3.89. The second kappa shape index (κ2) is 8.91. The summed E-state index contributed by atoms with van der Waals surface area (Å²) in [5.74, 6) is -0.932. The normalized spacial score (nSPS) is 13.8. The Morgan fingerprint density at radius 1 is 1.04 bits per heavy atom. The van der Waals surface area contributed by atoms with Crippen LogP contribution in [0.3, 0.4) is 0 Å². The second-order valence-electron chi connectivity index (χ2n) is 6.23. The smallest absolute Gasteiger partial charge is 0.241 e. The molecule has 0 heterocycles. The quantitative estimate of drug-likeness (QED) is 0.741. The van der Waals surface area contributed by atoms with Crippen molar-refractivity contribution < 1.29 is 17.6 Å². The van der Waals surface area contributed by atoms with Gasteiger partial charge in [-0.3, -0.25) is 4.79 Å². The zero-order valence-corrected chi connectivity index (χ0v) is 15.6. The van der Waals surface area contributed by atoms with Crippen LogP contribution in [0.1, 0.15) is 25.8 Å². The van der Waals surface area contributed by atoms with Gasteiger partial charge in [-0.05, 0) is 56.5 Å². The average Bonchev–Trinajstić information content (AvgIpc) is 2.61. The summed E-state index contributed by atoms with van der Waals surface area (Å²) in [5, 5.41) is 2.81. The third-order valence-corrected chi connectivity index (χ3v) is 5.50. The number of rotatable bonds is 8. The van der Waals surface area contributed by atoms with Gasteiger partial charge in [0.05, 0.1) is 10.9 Å². The van der Waals surface area contributed by atoms with E-state index in [9.17, 15) is 17.6 Å². The lowest BCUT2D eigenvalue weighted by molar-refractivity contribution is -0.123. The Morgan fingerprint density at radius 2 is 1.65 bits per heavy atom. The maximum atomic E-state index is 12.9. The molecule has 0 unspecified atom stereocenters. The van der Waals surface area contributed by atoms with Crippen molar-refractivity contribution in [3.05, 3.63) is 66.0 Å². The van der Waals surface area contributed by atoms with Crippen molar-refractivity contribution in [1.82, 2.24) is 10.0 Å². The largest absolute Gasteiger partial charge is 0.352 e. The molecule has 0 aromatic heterocycles. The molecule has 26 heavy (non-hydrogen) atoms. The van der Waals surface area contributed by atoms with Gasteiger partial charge in [0.25, 0.3) is 0 Å². The average molecular weight is 378 g/mol. The Hall–Kier alpha value is -2.25. The van der Waals surface area contributed by atoms with Crippen molar-refractivity contribution in [2.75, 3.05) is 0 Å². The number of aryl methyl sites for hydroxylation is 1. The molecule has 0 aliphatic rings. The molecular weight excluding hydrogens is 355 g/mol. The van der Waals surface area contributed by atoms with Gasteiger partial charge in [-0.25, -0.2) is 12.8 Å². The number of amides is 1. The minimum Gasteiger partial charge on any atom is -0.352 e. The van der Waals surface area contributed by atoms with E-state index >= 15 is 0 Å². The van der Waals surface area contributed by atoms with E-state index in [-0.39, 0.29) is 10.9 Å². The zero-order chi connectivity index (χ0) is 19.2. The number of carbonyl (C=O) groups excluding carboxylic acids is 1. The minimum absolute atomic E-state index is 0.0873. The van der Waals surface area contributed by atoms with Crippen LogP contribution in [0.2, 0.25) is 0 Å². The molecule has 2 rings (SSSR count). The van der Waals surface area contributed by atoms with Crippen molar-refractivity contribution in [1.29, 1.82) is 0 Å². The fourth-order valence-electron chi connectivity index (χ4n) is 2.44. The number of benzene rings is 2. The SMILES string of the molecule is C[C@H](CCc1ccccc1)NC(=O)[C@@H](C)NS(=O)(=O)c1ccc(F)cc1. The lowest BCUT2D eigenvalue weighted by Crippen LogP contribution is -2.47. The predicted molar refractivity (Wildman–Crippen MR) is 98.6 cm³/mol. The highest BCUT2D eigenvalue weighted by Crippen LogP contribution is 2.10. The number of hydrogen-bond acceptors (Lipinski definition) is 3. The van der Waals surface area contributed by atoms with Gasteiger partial charge >= 0.3 is 0 Å². The first-order valence-electron chi connectivity index (χ1n) is 8.40. The molecule has 0 fully saturated rings. The third kappa shape index (κ3) is 5.93. The van der Waals surface area contributed by atoms with Crippen LogP contribution in [-0.4, -0.2) is 26.4 Å². The molecule has 2 aromatic rings. The summed E-state index contributed by atoms with van der Waals surface area (Å²) in [6.45, 7) is 3.35. The third-order valence-electron chi connectivity index (χ3n) is 3.95. The highest BCUT2D eigenvalue weighted by Gasteiger charge is 2.22. The van der Waals surface area contributed by atoms with Crippen LogP contribution < -0.4 is 10.0 Å². The molecule has 0 spiro atoms. The molecule has 2 aromatic carbocycles. The van der Waals surface area contributed by atoms with E-state index in [4.69, 9.17) is 0 Å². The van der Waals surface area contributed by atoms with Gasteiger partial charge < -0.3 is 5.32 Å². The van der Waals surface area contributed by atoms with E-state index in [0.717, 1.165) is 37.1 Å². The van der Waals surface area contributed by atoms with E-state index in [1.807, 2.05) is 37.3 Å². The summed E-state index contributed by atoms with van der Waals surface area (Å²) in [6.07, 6.45) is 1.56. The van der Waals surface area contributed by atoms with Gasteiger partial charge in [0, 0.05) is 6.04 Å². The topological polar surface area (TPSA) is 75.3 Å². The van der Waals surface area contributed by atoms with Gasteiger partial charge in [-0.2, -0.15) is 4.72 Å². The van der Waals surface area contributed by atoms with Crippen LogP contribution >= 0.6 is 0 Å². The molecule has 0 aliphatic carbocycles. The van der Waals surface area contributed by atoms with Gasteiger partial charge in [0.15, 0.2) is 0 Å². The number of carbonyl (C=O) groups is 1. The number of halogens is 1. The minimum atomic E-state index is -3.89. The molecule has 1 amide bonds. The van der Waals surface area contributed by atoms with Crippen LogP contribution in [-0.2, 0) is 21.2 Å². The van der Waals surface area contributed by atoms with Crippen molar-refractivity contribution in [3.8, 4) is 0 Å². The van der Waals surface area contributed by atoms with E-state index < -0.39 is 27.8 Å². The summed E-state index contributed by atoms with van der Waals surface area (Å²) in [5.41, 5.74) is 1.18. The lowest BCUT2D eigenvalue weighted by atomic mass is 10.1. The Morgan fingerprint density at radius 3 is 2.27 bits per heavy atom. The Balaban J connectivity index is 1.87. The fraction of sp³-hybridized carbons (Fsp3) is 0.316. The molecular formula is C19H23FN2O3S. The standard InChI is InChI=1S/C19H23FN2O3S/c1-14(8-9-16-6-4-3-5-7-16)21-19(23)15(2)22-26(24,25)18-12-10-17(20)11-13-18/h3-7,10-15,22H,8-9H2,1-2H3,(H,21,23)/t14-,15-/m1/s1. The fourth-order valence-corrected chi connectivity index (χ4v) is 3.64. The van der Waals surface area contributed by atoms with Crippen molar-refractivity contribution in [2.24, 2.45) is 0 Å². The maximum Gasteiger partial charge on any atom is 0.241 e. The van der Waals surface area contributed by atoms with Crippen molar-refractivity contribution in [2.45, 2.75) is 43.7 Å². The summed E-state index contributed by atoms with van der Waals surface area (Å²) in [6, 6.07) is 13.3. The molecule has 140 valence electrons. The molecule has 0 saturated heterocycles. The first kappa shape index (κ1) is 20.1. The summed E-state index contributed by atoms with van der Waals surface area (Å²) >= 11 is 0. The number of nitrogens with one attached hydrogen (secondary N) is 2. The first-order chi connectivity index (χ1) is 12.3. The molecule has 2 N–H and O–H groups in total. The van der Waals surface area contributed by atoms with Gasteiger partial charge in [0.1, 0.15) is 5.82 Å². The monoisotopic (exact) mass is 378 g/mol. The predicted octanol–water partition coefficient (Wildman–Crippen LogP) is 2.63. The highest BCUT2D eigenvalue weighted by atomic mass is 32.2. The van der Waals surface area contributed by atoms with Crippen LogP contribution in [0.5, 0.6) is 0 Å². The first-order valence-corrected chi connectivity index (χ1v) is 9.88. The molecule has 0 aliphatic heterocycles. The number of hydrogen-bond donors (Lipinski definition) is 2. The molecule has 0 saturated carbocycles. The Bertz CT molecular complexity index is 824. The second-order valence-corrected chi connectivity index (χ2v) is 7.94. The van der Waals surface area contributed by atoms with Crippen molar-refractivity contribution in [3.63, 3.8) is 0 Å². The summed E-state index contributed by atoms with van der Waals surface area (Å²) < 4.78 is 39.7. The molecule has 7 heteroatoms. The van der Waals surface area contributed by atoms with Crippen LogP contribution in [0.4, 0.5) is 4.39 Å². The van der Waals surface area contributed by atoms with E-state index in [1.165, 1.54) is 12.5 Å². The highest BCUT2D eigenvalue weighted by molar-refractivity contribution is 7.89. The maximum absolute atomic E-state index is 12.9. The number of sulfonamides is 1. The van der Waals surface area contributed by atoms with Crippen molar-refractivity contribution >= 4 is 15.9 Å². The van der Waals surface area contributed by atoms with E-state index in [0.29, 0.717) is 0 Å². The van der Waals surface area contributed by atoms with Gasteiger partial charge in [-0.15, -0.1) is 0 Å². The summed E-state index contributed by atoms with van der Waals surface area (Å²) in [4.78, 5) is 12.1. The van der Waals surface area contributed by atoms with Crippen LogP contribution in [0.15, 0.2) is 59.5 Å². The van der Waals surface area contributed by atoms with E-state index in [1.54, 1.807) is 0 Å².